The molecule has 0 radical (unpaired) electrons. The van der Waals surface area contributed by atoms with Crippen molar-refractivity contribution in [3.8, 4) is 5.75 Å². The van der Waals surface area contributed by atoms with Crippen LogP contribution in [0.4, 0.5) is 0 Å². The van der Waals surface area contributed by atoms with Crippen LogP contribution in [0, 0.1) is 0 Å². The Morgan fingerprint density at radius 1 is 1.44 bits per heavy atom. The Morgan fingerprint density at radius 2 is 2.17 bits per heavy atom. The van der Waals surface area contributed by atoms with Crippen LogP contribution in [-0.2, 0) is 4.79 Å². The minimum atomic E-state index is -2.97. The number of carbonyl (C=O) groups excluding carboxylic acids is 1. The van der Waals surface area contributed by atoms with Gasteiger partial charge in [0, 0.05) is 18.8 Å². The summed E-state index contributed by atoms with van der Waals surface area (Å²) in [7, 11) is 0. The monoisotopic (exact) mass is 295 g/mol. The second-order valence-electron chi connectivity index (χ2n) is 3.20. The van der Waals surface area contributed by atoms with Crippen molar-refractivity contribution in [2.75, 3.05) is 6.61 Å². The molecule has 98 valence electrons. The first-order chi connectivity index (χ1) is 10.4. The number of benzene rings is 1. The molecule has 18 heavy (non-hydrogen) atoms. The van der Waals surface area contributed by atoms with Crippen molar-refractivity contribution >= 4 is 35.0 Å². The number of aliphatic carboxylic acids is 1. The molecule has 4 nitrogen and oxygen atoms in total. The lowest BCUT2D eigenvalue weighted by Gasteiger charge is -2.09. The van der Waals surface area contributed by atoms with Crippen LogP contribution in [-0.4, -0.2) is 23.5 Å². The average molecular weight is 296 g/mol. The van der Waals surface area contributed by atoms with Crippen molar-refractivity contribution in [2.24, 2.45) is 0 Å². The average Bonchev–Trinajstić information content (AvgIpc) is 2.38. The van der Waals surface area contributed by atoms with Crippen molar-refractivity contribution < 1.29 is 26.3 Å². The molecule has 0 saturated carbocycles. The second-order valence-corrected chi connectivity index (χ2v) is 3.95. The minimum Gasteiger partial charge on any atom is -0.480 e. The summed E-state index contributed by atoms with van der Waals surface area (Å²) in [5, 5.41) is 8.05. The summed E-state index contributed by atoms with van der Waals surface area (Å²) in [6.07, 6.45) is -3.63. The Bertz CT molecular complexity index is 631. The fourth-order valence-corrected chi connectivity index (χ4v) is 1.65. The third-order valence-corrected chi connectivity index (χ3v) is 2.81. The van der Waals surface area contributed by atoms with Crippen molar-refractivity contribution in [2.45, 2.75) is 19.6 Å². The maximum atomic E-state index is 12.1. The molecule has 0 heterocycles. The number of Topliss-reactive ketones (excluding diaryl/α,β-unsaturated/α-hetero) is 1. The predicted octanol–water partition coefficient (Wildman–Crippen LogP) is 3.44. The molecule has 0 spiro atoms. The minimum absolute atomic E-state index is 0.0607. The smallest absolute Gasteiger partial charge is 0.341 e. The lowest BCUT2D eigenvalue weighted by atomic mass is 10.1. The standard InChI is InChI=1S/C12H12Cl2O4/c1-2-3-8(15)7-4-5-9(12(14)11(7)13)18-6-10(16)17/h4-5H,2-3,6H2,1H3,(H,16,17)/i1D3,2D2. The number of ketones is 1. The molecule has 0 bridgehead atoms. The van der Waals surface area contributed by atoms with E-state index in [-0.39, 0.29) is 21.4 Å². The van der Waals surface area contributed by atoms with Gasteiger partial charge in [-0.1, -0.05) is 30.1 Å². The number of halogens is 2. The quantitative estimate of drug-likeness (QED) is 0.817. The molecular weight excluding hydrogens is 279 g/mol. The van der Waals surface area contributed by atoms with E-state index >= 15 is 0 Å². The molecule has 0 saturated heterocycles. The number of carboxylic acids is 1. The maximum absolute atomic E-state index is 12.1. The molecule has 0 aliphatic carbocycles. The van der Waals surface area contributed by atoms with Gasteiger partial charge in [-0.3, -0.25) is 4.79 Å². The molecule has 0 unspecified atom stereocenters. The van der Waals surface area contributed by atoms with Crippen molar-refractivity contribution in [1.29, 1.82) is 0 Å². The molecule has 0 atom stereocenters. The third-order valence-electron chi connectivity index (χ3n) is 1.95. The van der Waals surface area contributed by atoms with Crippen LogP contribution >= 0.6 is 23.2 Å². The van der Waals surface area contributed by atoms with E-state index in [4.69, 9.17) is 39.9 Å². The molecular formula is C12H12Cl2O4. The van der Waals surface area contributed by atoms with Crippen molar-refractivity contribution in [3.63, 3.8) is 0 Å². The van der Waals surface area contributed by atoms with E-state index in [0.29, 0.717) is 0 Å². The fraction of sp³-hybridized carbons (Fsp3) is 0.333. The predicted molar refractivity (Wildman–Crippen MR) is 68.8 cm³/mol. The first-order valence-electron chi connectivity index (χ1n) is 7.22. The zero-order chi connectivity index (χ0) is 18.0. The number of carboxylic acid groups (broad SMARTS) is 1. The van der Waals surface area contributed by atoms with Gasteiger partial charge in [-0.15, -0.1) is 0 Å². The lowest BCUT2D eigenvalue weighted by Crippen LogP contribution is -2.10. The van der Waals surface area contributed by atoms with Crippen LogP contribution in [0.2, 0.25) is 10.0 Å². The highest BCUT2D eigenvalue weighted by molar-refractivity contribution is 6.44. The molecule has 1 rings (SSSR count). The summed E-state index contributed by atoms with van der Waals surface area (Å²) >= 11 is 11.8. The highest BCUT2D eigenvalue weighted by Gasteiger charge is 2.16. The molecule has 6 heteroatoms. The van der Waals surface area contributed by atoms with Gasteiger partial charge in [0.25, 0.3) is 0 Å². The van der Waals surface area contributed by atoms with E-state index < -0.39 is 38.0 Å². The summed E-state index contributed by atoms with van der Waals surface area (Å²) < 4.78 is 41.0. The highest BCUT2D eigenvalue weighted by Crippen LogP contribution is 2.35. The van der Waals surface area contributed by atoms with Gasteiger partial charge in [-0.05, 0) is 18.5 Å². The maximum Gasteiger partial charge on any atom is 0.341 e. The van der Waals surface area contributed by atoms with E-state index in [2.05, 4.69) is 0 Å². The first-order valence-corrected chi connectivity index (χ1v) is 5.48. The Hall–Kier alpha value is -1.26. The normalized spacial score (nSPS) is 15.8. The second kappa shape index (κ2) is 6.61. The van der Waals surface area contributed by atoms with Gasteiger partial charge in [0.05, 0.1) is 5.02 Å². The van der Waals surface area contributed by atoms with Gasteiger partial charge in [-0.2, -0.15) is 0 Å². The van der Waals surface area contributed by atoms with Crippen LogP contribution in [0.5, 0.6) is 5.75 Å². The van der Waals surface area contributed by atoms with Gasteiger partial charge >= 0.3 is 5.97 Å². The summed E-state index contributed by atoms with van der Waals surface area (Å²) in [6, 6.07) is 2.37. The Balaban J connectivity index is 3.04. The molecule has 0 aliphatic rings. The lowest BCUT2D eigenvalue weighted by molar-refractivity contribution is -0.139. The molecule has 0 aromatic heterocycles. The molecule has 0 fully saturated rings. The topological polar surface area (TPSA) is 63.6 Å². The molecule has 1 N–H and O–H groups in total. The van der Waals surface area contributed by atoms with E-state index in [1.54, 1.807) is 0 Å². The Labute approximate surface area is 121 Å². The van der Waals surface area contributed by atoms with Crippen LogP contribution in [0.15, 0.2) is 12.1 Å². The number of hydrogen-bond acceptors (Lipinski definition) is 3. The zero-order valence-corrected chi connectivity index (χ0v) is 10.5. The number of ether oxygens (including phenoxy) is 1. The van der Waals surface area contributed by atoms with Crippen LogP contribution in [0.1, 0.15) is 36.9 Å². The van der Waals surface area contributed by atoms with E-state index in [1.807, 2.05) is 0 Å². The number of carbonyl (C=O) groups is 2. The van der Waals surface area contributed by atoms with E-state index in [9.17, 15) is 9.59 Å². The van der Waals surface area contributed by atoms with Gasteiger partial charge in [-0.25, -0.2) is 4.79 Å². The Morgan fingerprint density at radius 3 is 2.78 bits per heavy atom. The first kappa shape index (κ1) is 8.77. The van der Waals surface area contributed by atoms with E-state index in [1.165, 1.54) is 12.1 Å². The number of hydrogen-bond donors (Lipinski definition) is 1. The molecule has 0 aliphatic heterocycles. The third kappa shape index (κ3) is 3.62. The van der Waals surface area contributed by atoms with Crippen molar-refractivity contribution in [1.82, 2.24) is 0 Å². The van der Waals surface area contributed by atoms with Crippen LogP contribution in [0.25, 0.3) is 0 Å². The van der Waals surface area contributed by atoms with Crippen LogP contribution in [0.3, 0.4) is 0 Å². The SMILES string of the molecule is [2H]C([2H])([2H])C([2H])([2H])CC(=O)c1ccc(OCC(=O)O)c(Cl)c1Cl. The summed E-state index contributed by atoms with van der Waals surface area (Å²) in [6.45, 7) is -3.63. The van der Waals surface area contributed by atoms with Gasteiger partial charge in [0.2, 0.25) is 0 Å². The number of rotatable bonds is 6. The van der Waals surface area contributed by atoms with Gasteiger partial charge in [0.1, 0.15) is 10.8 Å². The molecule has 0 amide bonds. The van der Waals surface area contributed by atoms with Gasteiger partial charge in [0.15, 0.2) is 12.4 Å². The summed E-state index contributed by atoms with van der Waals surface area (Å²) in [5.74, 6) is -2.14. The highest BCUT2D eigenvalue weighted by atomic mass is 35.5. The zero-order valence-electron chi connectivity index (χ0n) is 14.0. The Kier molecular flexibility index (Phi) is 3.22. The van der Waals surface area contributed by atoms with Gasteiger partial charge < -0.3 is 9.84 Å². The van der Waals surface area contributed by atoms with Crippen LogP contribution < -0.4 is 4.74 Å². The summed E-state index contributed by atoms with van der Waals surface area (Å²) in [5.41, 5.74) is -0.174. The fourth-order valence-electron chi connectivity index (χ4n) is 1.17. The molecule has 1 aromatic carbocycles. The summed E-state index contributed by atoms with van der Waals surface area (Å²) in [4.78, 5) is 22.5. The van der Waals surface area contributed by atoms with Crippen molar-refractivity contribution in [3.05, 3.63) is 27.7 Å². The van der Waals surface area contributed by atoms with E-state index in [0.717, 1.165) is 0 Å². The molecule has 1 aromatic rings. The largest absolute Gasteiger partial charge is 0.480 e.